The highest BCUT2D eigenvalue weighted by Crippen LogP contribution is 2.16. The molecule has 6 heteroatoms. The van der Waals surface area contributed by atoms with E-state index in [1.807, 2.05) is 6.92 Å². The van der Waals surface area contributed by atoms with Gasteiger partial charge in [-0.1, -0.05) is 19.3 Å². The topological polar surface area (TPSA) is 79.5 Å². The van der Waals surface area contributed by atoms with Crippen molar-refractivity contribution in [1.29, 1.82) is 0 Å². The molecule has 116 valence electrons. The molecule has 1 rings (SSSR count). The van der Waals surface area contributed by atoms with E-state index in [0.29, 0.717) is 19.2 Å². The van der Waals surface area contributed by atoms with Gasteiger partial charge in [-0.15, -0.1) is 0 Å². The number of carbonyl (C=O) groups is 2. The van der Waals surface area contributed by atoms with Crippen molar-refractivity contribution in [2.45, 2.75) is 57.5 Å². The number of rotatable bonds is 7. The zero-order chi connectivity index (χ0) is 14.8. The van der Waals surface area contributed by atoms with Gasteiger partial charge in [0.1, 0.15) is 0 Å². The molecule has 0 heterocycles. The third kappa shape index (κ3) is 7.33. The summed E-state index contributed by atoms with van der Waals surface area (Å²) in [5.74, 6) is -0.0764. The first-order chi connectivity index (χ1) is 9.61. The van der Waals surface area contributed by atoms with Crippen molar-refractivity contribution in [1.82, 2.24) is 16.0 Å². The zero-order valence-electron chi connectivity index (χ0n) is 12.5. The molecule has 0 bridgehead atoms. The molecule has 1 aliphatic rings. The van der Waals surface area contributed by atoms with Gasteiger partial charge in [-0.2, -0.15) is 0 Å². The Hall–Kier alpha value is -1.30. The van der Waals surface area contributed by atoms with Gasteiger partial charge >= 0.3 is 6.03 Å². The van der Waals surface area contributed by atoms with Crippen LogP contribution in [-0.2, 0) is 9.53 Å². The SMILES string of the molecule is COCC(C)NC(=O)CCNC(=O)NC1CCCCC1. The molecule has 1 saturated carbocycles. The van der Waals surface area contributed by atoms with Crippen LogP contribution in [0.3, 0.4) is 0 Å². The minimum absolute atomic E-state index is 0.0106. The molecule has 3 amide bonds. The summed E-state index contributed by atoms with van der Waals surface area (Å²) in [7, 11) is 1.60. The van der Waals surface area contributed by atoms with Gasteiger partial charge in [-0.3, -0.25) is 4.79 Å². The van der Waals surface area contributed by atoms with Crippen LogP contribution in [0.25, 0.3) is 0 Å². The van der Waals surface area contributed by atoms with Crippen LogP contribution in [0.5, 0.6) is 0 Å². The van der Waals surface area contributed by atoms with Crippen LogP contribution in [-0.4, -0.2) is 44.3 Å². The highest BCUT2D eigenvalue weighted by atomic mass is 16.5. The van der Waals surface area contributed by atoms with E-state index in [2.05, 4.69) is 16.0 Å². The molecule has 0 saturated heterocycles. The smallest absolute Gasteiger partial charge is 0.315 e. The van der Waals surface area contributed by atoms with E-state index in [1.54, 1.807) is 7.11 Å². The van der Waals surface area contributed by atoms with E-state index in [-0.39, 0.29) is 24.4 Å². The Kier molecular flexibility index (Phi) is 8.02. The fourth-order valence-corrected chi connectivity index (χ4v) is 2.41. The maximum absolute atomic E-state index is 11.6. The van der Waals surface area contributed by atoms with E-state index in [4.69, 9.17) is 4.74 Å². The van der Waals surface area contributed by atoms with E-state index in [0.717, 1.165) is 12.8 Å². The zero-order valence-corrected chi connectivity index (χ0v) is 12.5. The highest BCUT2D eigenvalue weighted by molar-refractivity contribution is 5.78. The van der Waals surface area contributed by atoms with Crippen molar-refractivity contribution in [2.24, 2.45) is 0 Å². The molecular formula is C14H27N3O3. The lowest BCUT2D eigenvalue weighted by atomic mass is 9.96. The van der Waals surface area contributed by atoms with Crippen LogP contribution in [0.4, 0.5) is 4.79 Å². The fourth-order valence-electron chi connectivity index (χ4n) is 2.41. The van der Waals surface area contributed by atoms with Gasteiger partial charge in [0.2, 0.25) is 5.91 Å². The lowest BCUT2D eigenvalue weighted by molar-refractivity contribution is -0.121. The van der Waals surface area contributed by atoms with Crippen LogP contribution in [0, 0.1) is 0 Å². The Morgan fingerprint density at radius 1 is 1.25 bits per heavy atom. The Balaban J connectivity index is 2.07. The normalized spacial score (nSPS) is 17.3. The summed E-state index contributed by atoms with van der Waals surface area (Å²) in [5.41, 5.74) is 0. The molecule has 1 atom stereocenters. The van der Waals surface area contributed by atoms with Crippen molar-refractivity contribution in [3.63, 3.8) is 0 Å². The third-order valence-electron chi connectivity index (χ3n) is 3.40. The molecule has 1 aliphatic carbocycles. The van der Waals surface area contributed by atoms with Crippen LogP contribution < -0.4 is 16.0 Å². The van der Waals surface area contributed by atoms with E-state index in [1.165, 1.54) is 19.3 Å². The van der Waals surface area contributed by atoms with Crippen LogP contribution >= 0.6 is 0 Å². The maximum atomic E-state index is 11.6. The van der Waals surface area contributed by atoms with Crippen LogP contribution in [0.15, 0.2) is 0 Å². The number of amides is 3. The minimum atomic E-state index is -0.172. The average Bonchev–Trinajstić information content (AvgIpc) is 2.39. The summed E-state index contributed by atoms with van der Waals surface area (Å²) in [5, 5.41) is 8.48. The number of ether oxygens (including phenoxy) is 1. The van der Waals surface area contributed by atoms with Crippen molar-refractivity contribution < 1.29 is 14.3 Å². The van der Waals surface area contributed by atoms with Crippen molar-refractivity contribution >= 4 is 11.9 Å². The van der Waals surface area contributed by atoms with Gasteiger partial charge in [-0.25, -0.2) is 4.79 Å². The second-order valence-electron chi connectivity index (χ2n) is 5.41. The van der Waals surface area contributed by atoms with E-state index in [9.17, 15) is 9.59 Å². The first-order valence-electron chi connectivity index (χ1n) is 7.44. The molecule has 0 aromatic rings. The standard InChI is InChI=1S/C14H27N3O3/c1-11(10-20-2)16-13(18)8-9-15-14(19)17-12-6-4-3-5-7-12/h11-12H,3-10H2,1-2H3,(H,16,18)(H2,15,17,19). The maximum Gasteiger partial charge on any atom is 0.315 e. The summed E-state index contributed by atoms with van der Waals surface area (Å²) in [6.45, 7) is 2.72. The second-order valence-corrected chi connectivity index (χ2v) is 5.41. The Morgan fingerprint density at radius 3 is 2.60 bits per heavy atom. The third-order valence-corrected chi connectivity index (χ3v) is 3.40. The molecule has 1 unspecified atom stereocenters. The van der Waals surface area contributed by atoms with Gasteiger partial charge in [0.25, 0.3) is 0 Å². The van der Waals surface area contributed by atoms with Crippen LogP contribution in [0.1, 0.15) is 45.4 Å². The van der Waals surface area contributed by atoms with E-state index >= 15 is 0 Å². The lowest BCUT2D eigenvalue weighted by Gasteiger charge is -2.22. The summed E-state index contributed by atoms with van der Waals surface area (Å²) in [6, 6.07) is 0.109. The predicted octanol–water partition coefficient (Wildman–Crippen LogP) is 1.16. The molecule has 0 spiro atoms. The van der Waals surface area contributed by atoms with Gasteiger partial charge in [0, 0.05) is 32.2 Å². The van der Waals surface area contributed by atoms with Gasteiger partial charge in [-0.05, 0) is 19.8 Å². The Morgan fingerprint density at radius 2 is 1.95 bits per heavy atom. The number of methoxy groups -OCH3 is 1. The first-order valence-corrected chi connectivity index (χ1v) is 7.44. The second kappa shape index (κ2) is 9.58. The fraction of sp³-hybridized carbons (Fsp3) is 0.857. The summed E-state index contributed by atoms with van der Waals surface area (Å²) < 4.78 is 4.94. The summed E-state index contributed by atoms with van der Waals surface area (Å²) in [6.07, 6.45) is 6.03. The highest BCUT2D eigenvalue weighted by Gasteiger charge is 2.15. The molecule has 0 aromatic carbocycles. The molecule has 0 aromatic heterocycles. The molecule has 3 N–H and O–H groups in total. The molecular weight excluding hydrogens is 258 g/mol. The summed E-state index contributed by atoms with van der Waals surface area (Å²) >= 11 is 0. The predicted molar refractivity (Wildman–Crippen MR) is 77.5 cm³/mol. The first kappa shape index (κ1) is 16.8. The average molecular weight is 285 g/mol. The number of hydrogen-bond acceptors (Lipinski definition) is 3. The number of nitrogens with one attached hydrogen (secondary N) is 3. The van der Waals surface area contributed by atoms with Gasteiger partial charge in [0.15, 0.2) is 0 Å². The van der Waals surface area contributed by atoms with Crippen molar-refractivity contribution in [3.8, 4) is 0 Å². The van der Waals surface area contributed by atoms with Crippen molar-refractivity contribution in [2.75, 3.05) is 20.3 Å². The van der Waals surface area contributed by atoms with Crippen LogP contribution in [0.2, 0.25) is 0 Å². The lowest BCUT2D eigenvalue weighted by Crippen LogP contribution is -2.44. The Labute approximate surface area is 121 Å². The molecule has 20 heavy (non-hydrogen) atoms. The quantitative estimate of drug-likeness (QED) is 0.656. The number of hydrogen-bond donors (Lipinski definition) is 3. The molecule has 6 nitrogen and oxygen atoms in total. The Bertz CT molecular complexity index is 304. The monoisotopic (exact) mass is 285 g/mol. The van der Waals surface area contributed by atoms with Gasteiger partial charge < -0.3 is 20.7 Å². The summed E-state index contributed by atoms with van der Waals surface area (Å²) in [4.78, 5) is 23.2. The minimum Gasteiger partial charge on any atom is -0.383 e. The van der Waals surface area contributed by atoms with Crippen molar-refractivity contribution in [3.05, 3.63) is 0 Å². The molecule has 1 fully saturated rings. The molecule has 0 radical (unpaired) electrons. The number of urea groups is 1. The largest absolute Gasteiger partial charge is 0.383 e. The molecule has 0 aliphatic heterocycles. The van der Waals surface area contributed by atoms with E-state index < -0.39 is 0 Å². The number of carbonyl (C=O) groups excluding carboxylic acids is 2. The van der Waals surface area contributed by atoms with Gasteiger partial charge in [0.05, 0.1) is 6.61 Å².